The van der Waals surface area contributed by atoms with E-state index in [-0.39, 0.29) is 21.5 Å². The molecule has 0 aliphatic rings. The highest BCUT2D eigenvalue weighted by Gasteiger charge is 2.14. The van der Waals surface area contributed by atoms with Crippen molar-refractivity contribution in [3.63, 3.8) is 0 Å². The Balaban J connectivity index is 2.28. The number of hydrogen-bond acceptors (Lipinski definition) is 2. The number of halogens is 3. The van der Waals surface area contributed by atoms with Crippen LogP contribution in [0.1, 0.15) is 10.6 Å². The van der Waals surface area contributed by atoms with Gasteiger partial charge in [-0.3, -0.25) is 4.79 Å². The molecule has 0 radical (unpaired) electrons. The summed E-state index contributed by atoms with van der Waals surface area (Å²) in [6.07, 6.45) is 1.36. The molecule has 0 unspecified atom stereocenters. The molecule has 2 rings (SSSR count). The summed E-state index contributed by atoms with van der Waals surface area (Å²) in [5.74, 6) is -0.970. The predicted octanol–water partition coefficient (Wildman–Crippen LogP) is 3.98. The molecular weight excluding hydrogens is 268 g/mol. The quantitative estimate of drug-likeness (QED) is 0.900. The number of hydrogen-bond donors (Lipinski definition) is 1. The third-order valence-corrected chi connectivity index (χ3v) is 2.59. The van der Waals surface area contributed by atoms with E-state index in [1.165, 1.54) is 12.3 Å². The van der Waals surface area contributed by atoms with Gasteiger partial charge in [0, 0.05) is 0 Å². The van der Waals surface area contributed by atoms with Crippen molar-refractivity contribution >= 4 is 34.8 Å². The van der Waals surface area contributed by atoms with Crippen LogP contribution in [0, 0.1) is 5.82 Å². The second-order valence-corrected chi connectivity index (χ2v) is 3.99. The summed E-state index contributed by atoms with van der Waals surface area (Å²) in [5.41, 5.74) is 0.149. The lowest BCUT2D eigenvalue weighted by Crippen LogP contribution is -2.11. The summed E-state index contributed by atoms with van der Waals surface area (Å²) < 4.78 is 17.8. The van der Waals surface area contributed by atoms with Crippen LogP contribution >= 0.6 is 23.2 Å². The molecule has 0 aliphatic carbocycles. The van der Waals surface area contributed by atoms with E-state index in [4.69, 9.17) is 27.6 Å². The minimum absolute atomic E-state index is 0.0231. The SMILES string of the molecule is O=C(Nc1c(Cl)cc(F)cc1Cl)c1ccco1. The van der Waals surface area contributed by atoms with E-state index in [2.05, 4.69) is 5.32 Å². The average molecular weight is 274 g/mol. The molecule has 1 aromatic heterocycles. The Bertz CT molecular complexity index is 532. The first-order valence-corrected chi connectivity index (χ1v) is 5.33. The Hall–Kier alpha value is -1.52. The first-order chi connectivity index (χ1) is 8.08. The molecule has 0 saturated carbocycles. The van der Waals surface area contributed by atoms with Crippen molar-refractivity contribution in [2.24, 2.45) is 0 Å². The van der Waals surface area contributed by atoms with Crippen LogP contribution in [-0.2, 0) is 0 Å². The molecule has 0 bridgehead atoms. The van der Waals surface area contributed by atoms with Crippen molar-refractivity contribution in [3.8, 4) is 0 Å². The summed E-state index contributed by atoms with van der Waals surface area (Å²) >= 11 is 11.5. The Labute approximate surface area is 106 Å². The second kappa shape index (κ2) is 4.77. The van der Waals surface area contributed by atoms with Crippen molar-refractivity contribution in [2.45, 2.75) is 0 Å². The highest BCUT2D eigenvalue weighted by atomic mass is 35.5. The van der Waals surface area contributed by atoms with Crippen LogP contribution in [0.15, 0.2) is 34.9 Å². The lowest BCUT2D eigenvalue weighted by molar-refractivity contribution is 0.0996. The van der Waals surface area contributed by atoms with Crippen LogP contribution in [-0.4, -0.2) is 5.91 Å². The molecule has 0 saturated heterocycles. The molecule has 88 valence electrons. The van der Waals surface area contributed by atoms with Gasteiger partial charge in [0.2, 0.25) is 0 Å². The van der Waals surface area contributed by atoms with E-state index in [1.807, 2.05) is 0 Å². The number of benzene rings is 1. The first kappa shape index (κ1) is 12.0. The average Bonchev–Trinajstić information content (AvgIpc) is 2.76. The number of carbonyl (C=O) groups is 1. The second-order valence-electron chi connectivity index (χ2n) is 3.18. The zero-order valence-electron chi connectivity index (χ0n) is 8.34. The van der Waals surface area contributed by atoms with Gasteiger partial charge in [0.05, 0.1) is 22.0 Å². The molecule has 3 nitrogen and oxygen atoms in total. The number of furan rings is 1. The molecule has 6 heteroatoms. The number of anilines is 1. The zero-order valence-corrected chi connectivity index (χ0v) is 9.85. The Morgan fingerprint density at radius 1 is 1.29 bits per heavy atom. The number of nitrogens with one attached hydrogen (secondary N) is 1. The smallest absolute Gasteiger partial charge is 0.291 e. The summed E-state index contributed by atoms with van der Waals surface area (Å²) in [5, 5.41) is 2.49. The molecule has 0 aliphatic heterocycles. The number of amides is 1. The summed E-state index contributed by atoms with van der Waals surface area (Å²) in [4.78, 5) is 11.6. The third-order valence-electron chi connectivity index (χ3n) is 1.99. The van der Waals surface area contributed by atoms with Gasteiger partial charge in [-0.2, -0.15) is 0 Å². The molecule has 17 heavy (non-hydrogen) atoms. The van der Waals surface area contributed by atoms with E-state index >= 15 is 0 Å². The van der Waals surface area contributed by atoms with Crippen LogP contribution in [0.25, 0.3) is 0 Å². The van der Waals surface area contributed by atoms with Gasteiger partial charge in [0.25, 0.3) is 5.91 Å². The first-order valence-electron chi connectivity index (χ1n) is 4.57. The van der Waals surface area contributed by atoms with E-state index < -0.39 is 11.7 Å². The molecule has 0 atom stereocenters. The summed E-state index contributed by atoms with van der Waals surface area (Å²) in [7, 11) is 0. The van der Waals surface area contributed by atoms with Crippen LogP contribution < -0.4 is 5.32 Å². The molecule has 1 N–H and O–H groups in total. The Morgan fingerprint density at radius 2 is 1.94 bits per heavy atom. The van der Waals surface area contributed by atoms with Crippen molar-refractivity contribution in [1.29, 1.82) is 0 Å². The van der Waals surface area contributed by atoms with Crippen molar-refractivity contribution in [2.75, 3.05) is 5.32 Å². The van der Waals surface area contributed by atoms with E-state index in [0.29, 0.717) is 0 Å². The topological polar surface area (TPSA) is 42.2 Å². The third kappa shape index (κ3) is 2.60. The summed E-state index contributed by atoms with van der Waals surface area (Å²) in [6.45, 7) is 0. The maximum absolute atomic E-state index is 12.9. The molecular formula is C11H6Cl2FNO2. The maximum Gasteiger partial charge on any atom is 0.291 e. The predicted molar refractivity (Wildman–Crippen MR) is 63.1 cm³/mol. The normalized spacial score (nSPS) is 10.3. The Morgan fingerprint density at radius 3 is 2.47 bits per heavy atom. The van der Waals surface area contributed by atoms with Crippen molar-refractivity contribution in [3.05, 3.63) is 52.2 Å². The lowest BCUT2D eigenvalue weighted by Gasteiger charge is -2.07. The van der Waals surface area contributed by atoms with Gasteiger partial charge in [-0.15, -0.1) is 0 Å². The van der Waals surface area contributed by atoms with Gasteiger partial charge in [0.1, 0.15) is 5.82 Å². The van der Waals surface area contributed by atoms with E-state index in [9.17, 15) is 9.18 Å². The van der Waals surface area contributed by atoms with Gasteiger partial charge >= 0.3 is 0 Å². The van der Waals surface area contributed by atoms with Gasteiger partial charge in [-0.05, 0) is 24.3 Å². The minimum Gasteiger partial charge on any atom is -0.459 e. The number of rotatable bonds is 2. The lowest BCUT2D eigenvalue weighted by atomic mass is 10.3. The van der Waals surface area contributed by atoms with Crippen LogP contribution in [0.5, 0.6) is 0 Å². The largest absolute Gasteiger partial charge is 0.459 e. The summed E-state index contributed by atoms with van der Waals surface area (Å²) in [6, 6.07) is 5.18. The molecule has 0 spiro atoms. The zero-order chi connectivity index (χ0) is 12.4. The monoisotopic (exact) mass is 273 g/mol. The maximum atomic E-state index is 12.9. The number of carbonyl (C=O) groups excluding carboxylic acids is 1. The molecule has 1 aromatic carbocycles. The Kier molecular flexibility index (Phi) is 3.36. The fraction of sp³-hybridized carbons (Fsp3) is 0. The fourth-order valence-electron chi connectivity index (χ4n) is 1.24. The van der Waals surface area contributed by atoms with Crippen molar-refractivity contribution < 1.29 is 13.6 Å². The van der Waals surface area contributed by atoms with Gasteiger partial charge in [-0.1, -0.05) is 23.2 Å². The van der Waals surface area contributed by atoms with Crippen LogP contribution in [0.3, 0.4) is 0 Å². The molecule has 1 heterocycles. The minimum atomic E-state index is -0.573. The van der Waals surface area contributed by atoms with E-state index in [1.54, 1.807) is 6.07 Å². The van der Waals surface area contributed by atoms with Gasteiger partial charge in [0.15, 0.2) is 5.76 Å². The van der Waals surface area contributed by atoms with Gasteiger partial charge in [-0.25, -0.2) is 4.39 Å². The van der Waals surface area contributed by atoms with E-state index in [0.717, 1.165) is 12.1 Å². The van der Waals surface area contributed by atoms with Crippen LogP contribution in [0.2, 0.25) is 10.0 Å². The highest BCUT2D eigenvalue weighted by molar-refractivity contribution is 6.40. The van der Waals surface area contributed by atoms with Crippen LogP contribution in [0.4, 0.5) is 10.1 Å². The molecule has 0 fully saturated rings. The standard InChI is InChI=1S/C11H6Cl2FNO2/c12-7-4-6(14)5-8(13)10(7)15-11(16)9-2-1-3-17-9/h1-5H,(H,15,16). The molecule has 1 amide bonds. The molecule has 2 aromatic rings. The van der Waals surface area contributed by atoms with Crippen molar-refractivity contribution in [1.82, 2.24) is 0 Å². The van der Waals surface area contributed by atoms with Gasteiger partial charge < -0.3 is 9.73 Å². The highest BCUT2D eigenvalue weighted by Crippen LogP contribution is 2.31. The fourth-order valence-corrected chi connectivity index (χ4v) is 1.80.